The molecule has 0 saturated heterocycles. The number of hydrogen-bond donors (Lipinski definition) is 1. The van der Waals surface area contributed by atoms with E-state index in [1.807, 2.05) is 0 Å². The van der Waals surface area contributed by atoms with Crippen LogP contribution in [0.3, 0.4) is 0 Å². The van der Waals surface area contributed by atoms with Crippen LogP contribution in [-0.2, 0) is 6.42 Å². The Balaban J connectivity index is 1.93. The molecular formula is C18H22N2. The lowest BCUT2D eigenvalue weighted by Crippen LogP contribution is -2.23. The Hall–Kier alpha value is -1.80. The van der Waals surface area contributed by atoms with Crippen LogP contribution in [0, 0.1) is 0 Å². The minimum atomic E-state index is 0.146. The maximum atomic E-state index is 6.09. The molecule has 20 heavy (non-hydrogen) atoms. The molecule has 1 aliphatic rings. The molecule has 2 heteroatoms. The minimum absolute atomic E-state index is 0.146. The first-order valence-corrected chi connectivity index (χ1v) is 7.43. The molecule has 104 valence electrons. The Kier molecular flexibility index (Phi) is 3.49. The number of nitrogens with zero attached hydrogens (tertiary/aromatic N) is 1. The SMILES string of the molecule is CC[C@H](N)c1ccc(N2c3ccccc3CC2C)cc1. The highest BCUT2D eigenvalue weighted by Crippen LogP contribution is 2.38. The van der Waals surface area contributed by atoms with Crippen LogP contribution in [0.4, 0.5) is 11.4 Å². The maximum Gasteiger partial charge on any atom is 0.0446 e. The van der Waals surface area contributed by atoms with Crippen LogP contribution in [0.1, 0.15) is 37.4 Å². The van der Waals surface area contributed by atoms with E-state index in [0.717, 1.165) is 12.8 Å². The lowest BCUT2D eigenvalue weighted by molar-refractivity contribution is 0.698. The largest absolute Gasteiger partial charge is 0.338 e. The third-order valence-corrected chi connectivity index (χ3v) is 4.25. The van der Waals surface area contributed by atoms with Gasteiger partial charge in [-0.05, 0) is 49.1 Å². The second-order valence-electron chi connectivity index (χ2n) is 5.66. The summed E-state index contributed by atoms with van der Waals surface area (Å²) in [6.45, 7) is 4.41. The fourth-order valence-corrected chi connectivity index (χ4v) is 3.08. The van der Waals surface area contributed by atoms with Crippen molar-refractivity contribution in [3.8, 4) is 0 Å². The minimum Gasteiger partial charge on any atom is -0.338 e. The fraction of sp³-hybridized carbons (Fsp3) is 0.333. The molecule has 1 heterocycles. The molecule has 0 amide bonds. The van der Waals surface area contributed by atoms with Crippen molar-refractivity contribution in [2.24, 2.45) is 5.73 Å². The Morgan fingerprint density at radius 1 is 1.15 bits per heavy atom. The predicted octanol–water partition coefficient (Wildman–Crippen LogP) is 4.18. The van der Waals surface area contributed by atoms with E-state index < -0.39 is 0 Å². The summed E-state index contributed by atoms with van der Waals surface area (Å²) in [6.07, 6.45) is 2.09. The van der Waals surface area contributed by atoms with Gasteiger partial charge < -0.3 is 10.6 Å². The molecule has 0 spiro atoms. The van der Waals surface area contributed by atoms with Crippen LogP contribution in [0.15, 0.2) is 48.5 Å². The van der Waals surface area contributed by atoms with Crippen LogP contribution in [0.2, 0.25) is 0 Å². The van der Waals surface area contributed by atoms with Gasteiger partial charge in [0.2, 0.25) is 0 Å². The quantitative estimate of drug-likeness (QED) is 0.903. The zero-order valence-corrected chi connectivity index (χ0v) is 12.2. The summed E-state index contributed by atoms with van der Waals surface area (Å²) in [5, 5.41) is 0. The molecule has 0 aliphatic carbocycles. The molecule has 2 atom stereocenters. The molecule has 1 unspecified atom stereocenters. The normalized spacial score (nSPS) is 18.9. The molecule has 2 nitrogen and oxygen atoms in total. The average Bonchev–Trinajstić information content (AvgIpc) is 2.82. The highest BCUT2D eigenvalue weighted by molar-refractivity contribution is 5.71. The molecule has 0 saturated carbocycles. The van der Waals surface area contributed by atoms with Gasteiger partial charge in [-0.25, -0.2) is 0 Å². The molecule has 0 fully saturated rings. The van der Waals surface area contributed by atoms with E-state index in [-0.39, 0.29) is 6.04 Å². The van der Waals surface area contributed by atoms with Crippen molar-refractivity contribution in [3.05, 3.63) is 59.7 Å². The zero-order chi connectivity index (χ0) is 14.1. The number of anilines is 2. The Labute approximate surface area is 121 Å². The molecular weight excluding hydrogens is 244 g/mol. The summed E-state index contributed by atoms with van der Waals surface area (Å²) < 4.78 is 0. The lowest BCUT2D eigenvalue weighted by atomic mass is 10.0. The molecule has 1 aliphatic heterocycles. The van der Waals surface area contributed by atoms with Gasteiger partial charge in [0, 0.05) is 23.5 Å². The smallest absolute Gasteiger partial charge is 0.0446 e. The van der Waals surface area contributed by atoms with Crippen LogP contribution in [0.5, 0.6) is 0 Å². The van der Waals surface area contributed by atoms with Crippen molar-refractivity contribution in [1.82, 2.24) is 0 Å². The van der Waals surface area contributed by atoms with Crippen LogP contribution < -0.4 is 10.6 Å². The summed E-state index contributed by atoms with van der Waals surface area (Å²) >= 11 is 0. The van der Waals surface area contributed by atoms with E-state index >= 15 is 0 Å². The third-order valence-electron chi connectivity index (χ3n) is 4.25. The predicted molar refractivity (Wildman–Crippen MR) is 85.4 cm³/mol. The third kappa shape index (κ3) is 2.20. The number of nitrogens with two attached hydrogens (primary N) is 1. The lowest BCUT2D eigenvalue weighted by Gasteiger charge is -2.25. The molecule has 2 aromatic rings. The number of hydrogen-bond acceptors (Lipinski definition) is 2. The van der Waals surface area contributed by atoms with E-state index in [1.165, 1.54) is 22.5 Å². The second-order valence-corrected chi connectivity index (χ2v) is 5.66. The first-order chi connectivity index (χ1) is 9.70. The van der Waals surface area contributed by atoms with Gasteiger partial charge in [0.25, 0.3) is 0 Å². The molecule has 2 N–H and O–H groups in total. The summed E-state index contributed by atoms with van der Waals surface area (Å²) in [6, 6.07) is 18.1. The van der Waals surface area contributed by atoms with Crippen molar-refractivity contribution in [1.29, 1.82) is 0 Å². The van der Waals surface area contributed by atoms with Gasteiger partial charge in [-0.3, -0.25) is 0 Å². The van der Waals surface area contributed by atoms with Gasteiger partial charge in [-0.15, -0.1) is 0 Å². The van der Waals surface area contributed by atoms with Crippen LogP contribution in [-0.4, -0.2) is 6.04 Å². The van der Waals surface area contributed by atoms with E-state index in [4.69, 9.17) is 5.73 Å². The second kappa shape index (κ2) is 5.29. The van der Waals surface area contributed by atoms with Crippen molar-refractivity contribution in [2.45, 2.75) is 38.8 Å². The molecule has 0 bridgehead atoms. The molecule has 0 radical (unpaired) electrons. The molecule has 2 aromatic carbocycles. The van der Waals surface area contributed by atoms with Gasteiger partial charge in [-0.1, -0.05) is 37.3 Å². The monoisotopic (exact) mass is 266 g/mol. The van der Waals surface area contributed by atoms with E-state index in [0.29, 0.717) is 6.04 Å². The van der Waals surface area contributed by atoms with Gasteiger partial charge in [0.05, 0.1) is 0 Å². The molecule has 3 rings (SSSR count). The number of rotatable bonds is 3. The van der Waals surface area contributed by atoms with Crippen LogP contribution >= 0.6 is 0 Å². The Bertz CT molecular complexity index is 589. The summed E-state index contributed by atoms with van der Waals surface area (Å²) in [4.78, 5) is 2.43. The van der Waals surface area contributed by atoms with Gasteiger partial charge >= 0.3 is 0 Å². The summed E-state index contributed by atoms with van der Waals surface area (Å²) in [7, 11) is 0. The highest BCUT2D eigenvalue weighted by Gasteiger charge is 2.26. The average molecular weight is 266 g/mol. The van der Waals surface area contributed by atoms with Crippen molar-refractivity contribution in [2.75, 3.05) is 4.90 Å². The van der Waals surface area contributed by atoms with Gasteiger partial charge in [0.15, 0.2) is 0 Å². The summed E-state index contributed by atoms with van der Waals surface area (Å²) in [5.41, 5.74) is 11.3. The van der Waals surface area contributed by atoms with E-state index in [9.17, 15) is 0 Å². The van der Waals surface area contributed by atoms with E-state index in [1.54, 1.807) is 0 Å². The number of para-hydroxylation sites is 1. The number of benzene rings is 2. The first kappa shape index (κ1) is 13.2. The zero-order valence-electron chi connectivity index (χ0n) is 12.2. The van der Waals surface area contributed by atoms with Crippen molar-refractivity contribution >= 4 is 11.4 Å². The topological polar surface area (TPSA) is 29.3 Å². The van der Waals surface area contributed by atoms with E-state index in [2.05, 4.69) is 67.3 Å². The Morgan fingerprint density at radius 3 is 2.55 bits per heavy atom. The number of fused-ring (bicyclic) bond motifs is 1. The Morgan fingerprint density at radius 2 is 1.85 bits per heavy atom. The van der Waals surface area contributed by atoms with Gasteiger partial charge in [0.1, 0.15) is 0 Å². The van der Waals surface area contributed by atoms with Crippen molar-refractivity contribution in [3.63, 3.8) is 0 Å². The van der Waals surface area contributed by atoms with Gasteiger partial charge in [-0.2, -0.15) is 0 Å². The maximum absolute atomic E-state index is 6.09. The fourth-order valence-electron chi connectivity index (χ4n) is 3.08. The summed E-state index contributed by atoms with van der Waals surface area (Å²) in [5.74, 6) is 0. The van der Waals surface area contributed by atoms with Crippen molar-refractivity contribution < 1.29 is 0 Å². The van der Waals surface area contributed by atoms with Crippen LogP contribution in [0.25, 0.3) is 0 Å². The highest BCUT2D eigenvalue weighted by atomic mass is 15.2. The first-order valence-electron chi connectivity index (χ1n) is 7.43. The molecule has 0 aromatic heterocycles. The standard InChI is InChI=1S/C18H22N2/c1-3-17(19)14-8-10-16(11-9-14)20-13(2)12-15-6-4-5-7-18(15)20/h4-11,13,17H,3,12,19H2,1-2H3/t13?,17-/m0/s1.